The predicted molar refractivity (Wildman–Crippen MR) is 121 cm³/mol. The molecule has 0 aliphatic carbocycles. The molecule has 2 aromatic carbocycles. The molecule has 1 aliphatic rings. The fourth-order valence-corrected chi connectivity index (χ4v) is 4.21. The van der Waals surface area contributed by atoms with Crippen molar-refractivity contribution in [3.63, 3.8) is 0 Å². The Morgan fingerprint density at radius 3 is 2.32 bits per heavy atom. The largest absolute Gasteiger partial charge is 0.416 e. The number of alkyl halides is 3. The number of hydrogen-bond donors (Lipinski definition) is 0. The van der Waals surface area contributed by atoms with E-state index in [0.29, 0.717) is 11.1 Å². The molecule has 0 amide bonds. The van der Waals surface area contributed by atoms with E-state index in [9.17, 15) is 18.4 Å². The Bertz CT molecular complexity index is 1080. The molecule has 0 radical (unpaired) electrons. The molecule has 0 N–H and O–H groups in total. The maximum absolute atomic E-state index is 12.9. The van der Waals surface area contributed by atoms with Crippen LogP contribution in [-0.2, 0) is 6.18 Å². The molecule has 0 aromatic heterocycles. The molecule has 5 heteroatoms. The molecule has 1 aliphatic heterocycles. The van der Waals surface area contributed by atoms with Crippen molar-refractivity contribution in [3.05, 3.63) is 70.3 Å². The van der Waals surface area contributed by atoms with Crippen LogP contribution < -0.4 is 4.90 Å². The third kappa shape index (κ3) is 4.54. The molecular weight excluding hydrogens is 397 g/mol. The van der Waals surface area contributed by atoms with Crippen molar-refractivity contribution in [2.45, 2.75) is 52.8 Å². The zero-order valence-corrected chi connectivity index (χ0v) is 18.6. The number of fused-ring (bicyclic) bond motifs is 1. The summed E-state index contributed by atoms with van der Waals surface area (Å²) in [6.45, 7) is 11.6. The van der Waals surface area contributed by atoms with Crippen LogP contribution in [0.15, 0.2) is 42.5 Å². The van der Waals surface area contributed by atoms with Crippen molar-refractivity contribution in [1.82, 2.24) is 0 Å². The normalized spacial score (nSPS) is 15.9. The van der Waals surface area contributed by atoms with Crippen LogP contribution in [0.5, 0.6) is 0 Å². The first kappa shape index (κ1) is 22.7. The van der Waals surface area contributed by atoms with E-state index in [1.54, 1.807) is 6.08 Å². The minimum atomic E-state index is -4.40. The highest BCUT2D eigenvalue weighted by Crippen LogP contribution is 2.41. The van der Waals surface area contributed by atoms with Gasteiger partial charge in [-0.2, -0.15) is 18.4 Å². The van der Waals surface area contributed by atoms with Gasteiger partial charge in [0, 0.05) is 17.8 Å². The Labute approximate surface area is 182 Å². The van der Waals surface area contributed by atoms with E-state index >= 15 is 0 Å². The molecule has 1 heterocycles. The third-order valence-electron chi connectivity index (χ3n) is 5.76. The molecule has 0 atom stereocenters. The lowest BCUT2D eigenvalue weighted by Crippen LogP contribution is -2.45. The SMILES string of the molecule is CCCN1c2cc(C)c(/C=C(\C#N)c3ccc(C(F)(F)F)cc3)cc2C(C)=CC1(C)C. The Morgan fingerprint density at radius 2 is 1.77 bits per heavy atom. The summed E-state index contributed by atoms with van der Waals surface area (Å²) in [5, 5.41) is 9.67. The highest BCUT2D eigenvalue weighted by Gasteiger charge is 2.31. The number of anilines is 1. The number of benzene rings is 2. The standard InChI is InChI=1S/C26H27F3N2/c1-6-11-31-24-12-17(2)20(14-23(24)18(3)15-25(31,4)5)13-21(16-30)19-7-9-22(10-8-19)26(27,28)29/h7-10,12-15H,6,11H2,1-5H3/b21-13+. The van der Waals surface area contributed by atoms with E-state index in [0.717, 1.165) is 41.8 Å². The molecule has 2 nitrogen and oxygen atoms in total. The second kappa shape index (κ2) is 8.26. The summed E-state index contributed by atoms with van der Waals surface area (Å²) in [5.41, 5.74) is 5.36. The Balaban J connectivity index is 2.07. The molecule has 0 fully saturated rings. The number of rotatable bonds is 4. The highest BCUT2D eigenvalue weighted by atomic mass is 19.4. The van der Waals surface area contributed by atoms with E-state index in [-0.39, 0.29) is 5.54 Å². The van der Waals surface area contributed by atoms with Crippen LogP contribution >= 0.6 is 0 Å². The number of allylic oxidation sites excluding steroid dienone is 2. The predicted octanol–water partition coefficient (Wildman–Crippen LogP) is 7.49. The van der Waals surface area contributed by atoms with Gasteiger partial charge < -0.3 is 4.90 Å². The molecule has 0 spiro atoms. The minimum Gasteiger partial charge on any atom is -0.362 e. The van der Waals surface area contributed by atoms with Crippen LogP contribution in [0.1, 0.15) is 61.9 Å². The summed E-state index contributed by atoms with van der Waals surface area (Å²) in [6.07, 6.45) is 0.652. The number of hydrogen-bond acceptors (Lipinski definition) is 2. The number of halogens is 3. The van der Waals surface area contributed by atoms with Crippen LogP contribution in [0.4, 0.5) is 18.9 Å². The zero-order valence-electron chi connectivity index (χ0n) is 18.6. The molecule has 3 rings (SSSR count). The summed E-state index contributed by atoms with van der Waals surface area (Å²) in [4.78, 5) is 2.40. The summed E-state index contributed by atoms with van der Waals surface area (Å²) < 4.78 is 38.6. The van der Waals surface area contributed by atoms with Crippen LogP contribution in [0.3, 0.4) is 0 Å². The van der Waals surface area contributed by atoms with Crippen LogP contribution in [0.25, 0.3) is 17.2 Å². The minimum absolute atomic E-state index is 0.0884. The van der Waals surface area contributed by atoms with Crippen molar-refractivity contribution in [3.8, 4) is 6.07 Å². The smallest absolute Gasteiger partial charge is 0.362 e. The van der Waals surface area contributed by atoms with Crippen LogP contribution in [-0.4, -0.2) is 12.1 Å². The summed E-state index contributed by atoms with van der Waals surface area (Å²) >= 11 is 0. The van der Waals surface area contributed by atoms with Crippen LogP contribution in [0.2, 0.25) is 0 Å². The summed E-state index contributed by atoms with van der Waals surface area (Å²) in [5.74, 6) is 0. The first-order valence-electron chi connectivity index (χ1n) is 10.4. The molecule has 0 saturated heterocycles. The zero-order chi connectivity index (χ0) is 23.0. The lowest BCUT2D eigenvalue weighted by Gasteiger charge is -2.43. The molecule has 2 aromatic rings. The molecule has 0 bridgehead atoms. The maximum Gasteiger partial charge on any atom is 0.416 e. The first-order chi connectivity index (χ1) is 14.5. The van der Waals surface area contributed by atoms with Gasteiger partial charge in [-0.3, -0.25) is 0 Å². The average Bonchev–Trinajstić information content (AvgIpc) is 2.69. The van der Waals surface area contributed by atoms with E-state index in [1.807, 2.05) is 6.92 Å². The van der Waals surface area contributed by atoms with Crippen molar-refractivity contribution >= 4 is 22.9 Å². The molecular formula is C26H27F3N2. The van der Waals surface area contributed by atoms with Gasteiger partial charge >= 0.3 is 6.18 Å². The van der Waals surface area contributed by atoms with E-state index in [1.165, 1.54) is 23.4 Å². The first-order valence-corrected chi connectivity index (χ1v) is 10.4. The Kier molecular flexibility index (Phi) is 6.04. The second-order valence-corrected chi connectivity index (χ2v) is 8.60. The quantitative estimate of drug-likeness (QED) is 0.375. The van der Waals surface area contributed by atoms with Crippen molar-refractivity contribution in [2.24, 2.45) is 0 Å². The number of nitriles is 1. The maximum atomic E-state index is 12.9. The Hall–Kier alpha value is -3.00. The summed E-state index contributed by atoms with van der Waals surface area (Å²) in [6, 6.07) is 11.1. The topological polar surface area (TPSA) is 27.0 Å². The molecule has 31 heavy (non-hydrogen) atoms. The van der Waals surface area contributed by atoms with Gasteiger partial charge in [-0.25, -0.2) is 0 Å². The van der Waals surface area contributed by atoms with Crippen molar-refractivity contribution < 1.29 is 13.2 Å². The molecule has 162 valence electrons. The third-order valence-corrected chi connectivity index (χ3v) is 5.76. The van der Waals surface area contributed by atoms with Gasteiger partial charge in [0.1, 0.15) is 0 Å². The molecule has 0 saturated carbocycles. The van der Waals surface area contributed by atoms with Crippen molar-refractivity contribution in [2.75, 3.05) is 11.4 Å². The van der Waals surface area contributed by atoms with Gasteiger partial charge in [-0.15, -0.1) is 0 Å². The lowest BCUT2D eigenvalue weighted by atomic mass is 9.86. The average molecular weight is 425 g/mol. The van der Waals surface area contributed by atoms with Gasteiger partial charge in [0.2, 0.25) is 0 Å². The number of nitrogens with zero attached hydrogens (tertiary/aromatic N) is 2. The van der Waals surface area contributed by atoms with Crippen molar-refractivity contribution in [1.29, 1.82) is 5.26 Å². The molecule has 0 unspecified atom stereocenters. The van der Waals surface area contributed by atoms with Gasteiger partial charge in [0.15, 0.2) is 0 Å². The van der Waals surface area contributed by atoms with Gasteiger partial charge in [0.05, 0.1) is 22.7 Å². The second-order valence-electron chi connectivity index (χ2n) is 8.60. The van der Waals surface area contributed by atoms with Gasteiger partial charge in [-0.05, 0) is 86.7 Å². The fourth-order valence-electron chi connectivity index (χ4n) is 4.21. The lowest BCUT2D eigenvalue weighted by molar-refractivity contribution is -0.137. The van der Waals surface area contributed by atoms with Crippen LogP contribution in [0, 0.1) is 18.3 Å². The fraction of sp³-hybridized carbons (Fsp3) is 0.346. The highest BCUT2D eigenvalue weighted by molar-refractivity contribution is 5.92. The van der Waals surface area contributed by atoms with Gasteiger partial charge in [-0.1, -0.05) is 25.1 Å². The van der Waals surface area contributed by atoms with E-state index in [2.05, 4.69) is 56.9 Å². The van der Waals surface area contributed by atoms with E-state index in [4.69, 9.17) is 0 Å². The number of aryl methyl sites for hydroxylation is 1. The monoisotopic (exact) mass is 424 g/mol. The van der Waals surface area contributed by atoms with Gasteiger partial charge in [0.25, 0.3) is 0 Å². The van der Waals surface area contributed by atoms with E-state index < -0.39 is 11.7 Å². The Morgan fingerprint density at radius 1 is 1.13 bits per heavy atom. The summed E-state index contributed by atoms with van der Waals surface area (Å²) in [7, 11) is 0.